The molecule has 110 valence electrons. The Bertz CT molecular complexity index is 419. The molecule has 0 aliphatic heterocycles. The minimum absolute atomic E-state index is 0.0496. The molecule has 1 aliphatic carbocycles. The van der Waals surface area contributed by atoms with Crippen molar-refractivity contribution in [2.45, 2.75) is 57.9 Å². The second-order valence-corrected chi connectivity index (χ2v) is 5.94. The van der Waals surface area contributed by atoms with Crippen LogP contribution in [0.3, 0.4) is 0 Å². The smallest absolute Gasteiger partial charge is 0.223 e. The molecule has 1 atom stereocenters. The molecule has 1 fully saturated rings. The molecule has 20 heavy (non-hydrogen) atoms. The first-order chi connectivity index (χ1) is 9.66. The number of nitrogens with one attached hydrogen (secondary N) is 1. The van der Waals surface area contributed by atoms with Gasteiger partial charge in [-0.15, -0.1) is 0 Å². The second-order valence-electron chi connectivity index (χ2n) is 5.94. The summed E-state index contributed by atoms with van der Waals surface area (Å²) in [5, 5.41) is 3.15. The standard InChI is InChI=1S/C17H26N2O/c1-13(14-9-11-16(18)12-10-14)19-17(20)15-7-5-3-2-4-6-8-15/h9-13,15H,2-8,18H2,1H3,(H,19,20). The van der Waals surface area contributed by atoms with Gasteiger partial charge in [0.05, 0.1) is 6.04 Å². The lowest BCUT2D eigenvalue weighted by Crippen LogP contribution is -2.33. The van der Waals surface area contributed by atoms with Crippen LogP contribution < -0.4 is 11.1 Å². The molecule has 0 spiro atoms. The van der Waals surface area contributed by atoms with Crippen LogP contribution in [0.2, 0.25) is 0 Å². The van der Waals surface area contributed by atoms with E-state index in [2.05, 4.69) is 5.32 Å². The van der Waals surface area contributed by atoms with Crippen molar-refractivity contribution < 1.29 is 4.79 Å². The third kappa shape index (κ3) is 4.26. The average Bonchev–Trinajstić information content (AvgIpc) is 2.38. The highest BCUT2D eigenvalue weighted by Gasteiger charge is 2.20. The molecule has 3 N–H and O–H groups in total. The van der Waals surface area contributed by atoms with E-state index in [9.17, 15) is 4.79 Å². The van der Waals surface area contributed by atoms with Gasteiger partial charge in [0, 0.05) is 11.6 Å². The highest BCUT2D eigenvalue weighted by molar-refractivity contribution is 5.79. The van der Waals surface area contributed by atoms with E-state index in [4.69, 9.17) is 5.73 Å². The summed E-state index contributed by atoms with van der Waals surface area (Å²) >= 11 is 0. The van der Waals surface area contributed by atoms with Crippen LogP contribution in [0.5, 0.6) is 0 Å². The third-order valence-electron chi connectivity index (χ3n) is 4.27. The van der Waals surface area contributed by atoms with Crippen LogP contribution in [0.15, 0.2) is 24.3 Å². The molecule has 1 aromatic carbocycles. The van der Waals surface area contributed by atoms with Crippen LogP contribution in [0.1, 0.15) is 63.5 Å². The molecular weight excluding hydrogens is 248 g/mol. The molecule has 0 saturated heterocycles. The SMILES string of the molecule is CC(NC(=O)C1CCCCCCC1)c1ccc(N)cc1. The lowest BCUT2D eigenvalue weighted by molar-refractivity contribution is -0.126. The van der Waals surface area contributed by atoms with Gasteiger partial charge in [-0.25, -0.2) is 0 Å². The van der Waals surface area contributed by atoms with Crippen molar-refractivity contribution in [1.82, 2.24) is 5.32 Å². The van der Waals surface area contributed by atoms with Gasteiger partial charge in [-0.05, 0) is 37.5 Å². The van der Waals surface area contributed by atoms with Gasteiger partial charge < -0.3 is 11.1 Å². The maximum Gasteiger partial charge on any atom is 0.223 e. The van der Waals surface area contributed by atoms with Crippen LogP contribution in [0.4, 0.5) is 5.69 Å². The van der Waals surface area contributed by atoms with Crippen LogP contribution in [0.25, 0.3) is 0 Å². The molecule has 1 amide bonds. The predicted molar refractivity (Wildman–Crippen MR) is 83.2 cm³/mol. The molecule has 1 saturated carbocycles. The molecule has 2 rings (SSSR count). The Hall–Kier alpha value is -1.51. The van der Waals surface area contributed by atoms with Crippen molar-refractivity contribution in [1.29, 1.82) is 0 Å². The van der Waals surface area contributed by atoms with Crippen molar-refractivity contribution in [2.75, 3.05) is 5.73 Å². The van der Waals surface area contributed by atoms with Gasteiger partial charge in [0.25, 0.3) is 0 Å². The van der Waals surface area contributed by atoms with Gasteiger partial charge in [0.15, 0.2) is 0 Å². The van der Waals surface area contributed by atoms with Crippen LogP contribution in [-0.2, 0) is 4.79 Å². The lowest BCUT2D eigenvalue weighted by atomic mass is 9.90. The number of carbonyl (C=O) groups is 1. The predicted octanol–water partition coefficient (Wildman–Crippen LogP) is 3.81. The Morgan fingerprint density at radius 1 is 1.10 bits per heavy atom. The van der Waals surface area contributed by atoms with Gasteiger partial charge in [0.2, 0.25) is 5.91 Å². The maximum absolute atomic E-state index is 12.4. The fourth-order valence-electron chi connectivity index (χ4n) is 2.92. The molecule has 0 bridgehead atoms. The zero-order valence-corrected chi connectivity index (χ0v) is 12.4. The fraction of sp³-hybridized carbons (Fsp3) is 0.588. The first-order valence-corrected chi connectivity index (χ1v) is 7.82. The largest absolute Gasteiger partial charge is 0.399 e. The molecule has 3 heteroatoms. The summed E-state index contributed by atoms with van der Waals surface area (Å²) in [6.45, 7) is 2.03. The molecule has 1 aromatic rings. The van der Waals surface area contributed by atoms with Gasteiger partial charge in [-0.2, -0.15) is 0 Å². The van der Waals surface area contributed by atoms with Crippen LogP contribution in [0, 0.1) is 5.92 Å². The summed E-state index contributed by atoms with van der Waals surface area (Å²) in [4.78, 5) is 12.4. The Balaban J connectivity index is 1.90. The van der Waals surface area contributed by atoms with Crippen molar-refractivity contribution >= 4 is 11.6 Å². The molecule has 0 aromatic heterocycles. The van der Waals surface area contributed by atoms with Crippen molar-refractivity contribution in [3.63, 3.8) is 0 Å². The van der Waals surface area contributed by atoms with Crippen molar-refractivity contribution in [3.8, 4) is 0 Å². The molecule has 1 aliphatic rings. The number of nitrogens with two attached hydrogens (primary N) is 1. The monoisotopic (exact) mass is 274 g/mol. The summed E-state index contributed by atoms with van der Waals surface area (Å²) in [6, 6.07) is 7.78. The minimum Gasteiger partial charge on any atom is -0.399 e. The Morgan fingerprint density at radius 3 is 2.25 bits per heavy atom. The second kappa shape index (κ2) is 7.32. The van der Waals surface area contributed by atoms with E-state index in [1.807, 2.05) is 31.2 Å². The zero-order chi connectivity index (χ0) is 14.4. The Labute approximate surface area is 121 Å². The number of amides is 1. The third-order valence-corrected chi connectivity index (χ3v) is 4.27. The number of hydrogen-bond acceptors (Lipinski definition) is 2. The van der Waals surface area contributed by atoms with E-state index in [1.165, 1.54) is 32.1 Å². The fourth-order valence-corrected chi connectivity index (χ4v) is 2.92. The van der Waals surface area contributed by atoms with E-state index in [0.717, 1.165) is 24.1 Å². The molecule has 1 unspecified atom stereocenters. The Morgan fingerprint density at radius 2 is 1.65 bits per heavy atom. The molecule has 0 heterocycles. The minimum atomic E-state index is 0.0496. The average molecular weight is 274 g/mol. The number of benzene rings is 1. The van der Waals surface area contributed by atoms with Crippen molar-refractivity contribution in [2.24, 2.45) is 5.92 Å². The summed E-state index contributed by atoms with van der Waals surface area (Å²) in [5.74, 6) is 0.419. The highest BCUT2D eigenvalue weighted by atomic mass is 16.1. The number of anilines is 1. The molecular formula is C17H26N2O. The van der Waals surface area contributed by atoms with E-state index >= 15 is 0 Å². The lowest BCUT2D eigenvalue weighted by Gasteiger charge is -2.22. The molecule has 0 radical (unpaired) electrons. The van der Waals surface area contributed by atoms with Gasteiger partial charge in [-0.1, -0.05) is 44.2 Å². The zero-order valence-electron chi connectivity index (χ0n) is 12.4. The summed E-state index contributed by atoms with van der Waals surface area (Å²) in [7, 11) is 0. The summed E-state index contributed by atoms with van der Waals surface area (Å²) in [5.41, 5.74) is 7.56. The Kier molecular flexibility index (Phi) is 5.45. The van der Waals surface area contributed by atoms with Crippen LogP contribution in [-0.4, -0.2) is 5.91 Å². The van der Waals surface area contributed by atoms with Gasteiger partial charge in [-0.3, -0.25) is 4.79 Å². The number of nitrogen functional groups attached to an aromatic ring is 1. The quantitative estimate of drug-likeness (QED) is 0.824. The number of rotatable bonds is 3. The maximum atomic E-state index is 12.4. The first kappa shape index (κ1) is 14.9. The van der Waals surface area contributed by atoms with E-state index < -0.39 is 0 Å². The van der Waals surface area contributed by atoms with E-state index in [1.54, 1.807) is 0 Å². The summed E-state index contributed by atoms with van der Waals surface area (Å²) in [6.07, 6.45) is 8.34. The summed E-state index contributed by atoms with van der Waals surface area (Å²) < 4.78 is 0. The number of hydrogen-bond donors (Lipinski definition) is 2. The van der Waals surface area contributed by atoms with Crippen LogP contribution >= 0.6 is 0 Å². The van der Waals surface area contributed by atoms with E-state index in [0.29, 0.717) is 0 Å². The topological polar surface area (TPSA) is 55.1 Å². The first-order valence-electron chi connectivity index (χ1n) is 7.82. The van der Waals surface area contributed by atoms with E-state index in [-0.39, 0.29) is 17.9 Å². The van der Waals surface area contributed by atoms with Gasteiger partial charge >= 0.3 is 0 Å². The number of carbonyl (C=O) groups excluding carboxylic acids is 1. The van der Waals surface area contributed by atoms with Gasteiger partial charge in [0.1, 0.15) is 0 Å². The highest BCUT2D eigenvalue weighted by Crippen LogP contribution is 2.23. The normalized spacial score (nSPS) is 18.9. The van der Waals surface area contributed by atoms with Crippen molar-refractivity contribution in [3.05, 3.63) is 29.8 Å². The molecule has 3 nitrogen and oxygen atoms in total.